The normalized spacial score (nSPS) is 24.4. The van der Waals surface area contributed by atoms with Crippen LogP contribution in [0, 0.1) is 18.6 Å². The number of ether oxygens (including phenoxy) is 2. The number of aliphatic hydroxyl groups is 2. The summed E-state index contributed by atoms with van der Waals surface area (Å²) >= 11 is 6.52. The lowest BCUT2D eigenvalue weighted by Crippen LogP contribution is -2.55. The first kappa shape index (κ1) is 27.7. The monoisotopic (exact) mass is 566 g/mol. The van der Waals surface area contributed by atoms with E-state index in [4.69, 9.17) is 21.1 Å². The maximum absolute atomic E-state index is 13.9. The van der Waals surface area contributed by atoms with E-state index in [9.17, 15) is 32.2 Å². The molecular weight excluding hydrogens is 547 g/mol. The van der Waals surface area contributed by atoms with Crippen molar-refractivity contribution in [1.29, 1.82) is 0 Å². The van der Waals surface area contributed by atoms with Crippen molar-refractivity contribution in [3.8, 4) is 11.3 Å². The lowest BCUT2D eigenvalue weighted by Gasteiger charge is -2.43. The number of alkyl halides is 3. The maximum atomic E-state index is 13.9. The van der Waals surface area contributed by atoms with Crippen molar-refractivity contribution in [3.63, 3.8) is 0 Å². The third-order valence-corrected chi connectivity index (χ3v) is 7.23. The molecule has 0 aliphatic carbocycles. The number of hydrogen-bond acceptors (Lipinski definition) is 8. The van der Waals surface area contributed by atoms with E-state index in [1.54, 1.807) is 0 Å². The molecule has 200 valence electrons. The highest BCUT2D eigenvalue weighted by molar-refractivity contribution is 7.99. The van der Waals surface area contributed by atoms with Gasteiger partial charge in [-0.15, -0.1) is 5.10 Å². The van der Waals surface area contributed by atoms with E-state index in [0.29, 0.717) is 4.90 Å². The molecule has 1 aromatic carbocycles. The van der Waals surface area contributed by atoms with Crippen molar-refractivity contribution in [1.82, 2.24) is 20.0 Å². The predicted octanol–water partition coefficient (Wildman–Crippen LogP) is 4.03. The third-order valence-electron chi connectivity index (χ3n) is 5.77. The average molecular weight is 567 g/mol. The Bertz CT molecular complexity index is 1260. The van der Waals surface area contributed by atoms with Crippen molar-refractivity contribution in [2.75, 3.05) is 13.7 Å². The first-order valence-corrected chi connectivity index (χ1v) is 11.9. The molecule has 2 unspecified atom stereocenters. The molecule has 0 radical (unpaired) electrons. The molecule has 2 N–H and O–H groups in total. The highest BCUT2D eigenvalue weighted by atomic mass is 35.5. The van der Waals surface area contributed by atoms with Gasteiger partial charge in [0.15, 0.2) is 0 Å². The molecule has 0 amide bonds. The van der Waals surface area contributed by atoms with Gasteiger partial charge in [-0.2, -0.15) is 13.2 Å². The predicted molar refractivity (Wildman–Crippen MR) is 122 cm³/mol. The van der Waals surface area contributed by atoms with Crippen molar-refractivity contribution in [2.45, 2.75) is 47.8 Å². The summed E-state index contributed by atoms with van der Waals surface area (Å²) in [4.78, 5) is 3.84. The third kappa shape index (κ3) is 5.59. The van der Waals surface area contributed by atoms with E-state index in [1.807, 2.05) is 0 Å². The second kappa shape index (κ2) is 10.8. The zero-order valence-corrected chi connectivity index (χ0v) is 20.7. The van der Waals surface area contributed by atoms with Gasteiger partial charge in [-0.05, 0) is 30.7 Å². The topological polar surface area (TPSA) is 103 Å². The molecule has 0 saturated carbocycles. The number of methoxy groups -OCH3 is 1. The van der Waals surface area contributed by atoms with Crippen LogP contribution < -0.4 is 0 Å². The summed E-state index contributed by atoms with van der Waals surface area (Å²) in [5.74, 6) is -1.99. The van der Waals surface area contributed by atoms with Crippen LogP contribution in [0.15, 0.2) is 35.5 Å². The highest BCUT2D eigenvalue weighted by Gasteiger charge is 2.47. The molecule has 1 saturated heterocycles. The second-order valence-electron chi connectivity index (χ2n) is 8.20. The fourth-order valence-electron chi connectivity index (χ4n) is 4.01. The quantitative estimate of drug-likeness (QED) is 0.341. The SMILES string of the molecule is COC1[C@@H](Sc2cnc(C(F)(F)F)c(C)c2)OC(CO)[C@H](O)[C@@H]1n1cc(-c2cc(F)c(Cl)c(F)c2)nn1. The van der Waals surface area contributed by atoms with E-state index < -0.39 is 64.9 Å². The Morgan fingerprint density at radius 3 is 2.46 bits per heavy atom. The number of aliphatic hydroxyl groups excluding tert-OH is 2. The fourth-order valence-corrected chi connectivity index (χ4v) is 5.35. The van der Waals surface area contributed by atoms with Gasteiger partial charge in [0.05, 0.1) is 12.8 Å². The van der Waals surface area contributed by atoms with Crippen molar-refractivity contribution >= 4 is 23.4 Å². The van der Waals surface area contributed by atoms with E-state index in [2.05, 4.69) is 15.3 Å². The number of benzene rings is 1. The van der Waals surface area contributed by atoms with E-state index in [-0.39, 0.29) is 16.8 Å². The number of nitrogens with zero attached hydrogens (tertiary/aromatic N) is 4. The van der Waals surface area contributed by atoms with Gasteiger partial charge in [0.1, 0.15) is 57.8 Å². The standard InChI is InChI=1S/C22H20ClF5N4O4S/c1-9-3-11(6-29-20(9)22(26,27)28)37-21-19(35-2)17(18(34)15(8-33)36-21)32-7-14(30-31-32)10-4-12(24)16(23)13(25)5-10/h3-7,15,17-19,21,33-34H,8H2,1-2H3/t15?,17-,18-,19?,21+/m0/s1. The molecule has 4 rings (SSSR count). The van der Waals surface area contributed by atoms with Gasteiger partial charge in [0.2, 0.25) is 0 Å². The number of pyridine rings is 1. The number of halogens is 6. The van der Waals surface area contributed by atoms with E-state index in [0.717, 1.165) is 30.1 Å². The van der Waals surface area contributed by atoms with Crippen LogP contribution >= 0.6 is 23.4 Å². The molecule has 1 fully saturated rings. The molecule has 1 aliphatic heterocycles. The van der Waals surface area contributed by atoms with Gasteiger partial charge in [0, 0.05) is 23.8 Å². The smallest absolute Gasteiger partial charge is 0.394 e. The number of aryl methyl sites for hydroxylation is 1. The summed E-state index contributed by atoms with van der Waals surface area (Å²) in [5, 5.41) is 27.9. The average Bonchev–Trinajstić information content (AvgIpc) is 3.31. The van der Waals surface area contributed by atoms with Crippen LogP contribution in [0.25, 0.3) is 11.3 Å². The summed E-state index contributed by atoms with van der Waals surface area (Å²) in [7, 11) is 1.33. The van der Waals surface area contributed by atoms with Gasteiger partial charge >= 0.3 is 6.18 Å². The van der Waals surface area contributed by atoms with Gasteiger partial charge in [-0.3, -0.25) is 4.98 Å². The number of aromatic nitrogens is 4. The van der Waals surface area contributed by atoms with Crippen LogP contribution in [0.1, 0.15) is 17.3 Å². The molecular formula is C22H20ClF5N4O4S. The van der Waals surface area contributed by atoms with Crippen LogP contribution in [0.2, 0.25) is 5.02 Å². The van der Waals surface area contributed by atoms with E-state index in [1.165, 1.54) is 31.0 Å². The first-order valence-electron chi connectivity index (χ1n) is 10.7. The van der Waals surface area contributed by atoms with Crippen molar-refractivity contribution in [3.05, 3.63) is 58.5 Å². The lowest BCUT2D eigenvalue weighted by molar-refractivity contribution is -0.186. The van der Waals surface area contributed by atoms with Gasteiger partial charge in [-0.25, -0.2) is 13.5 Å². The van der Waals surface area contributed by atoms with Crippen LogP contribution in [-0.4, -0.2) is 67.7 Å². The Morgan fingerprint density at radius 1 is 1.22 bits per heavy atom. The minimum Gasteiger partial charge on any atom is -0.394 e. The second-order valence-corrected chi connectivity index (χ2v) is 9.75. The van der Waals surface area contributed by atoms with Crippen molar-refractivity contribution in [2.24, 2.45) is 0 Å². The van der Waals surface area contributed by atoms with Crippen LogP contribution in [0.4, 0.5) is 22.0 Å². The summed E-state index contributed by atoms with van der Waals surface area (Å²) < 4.78 is 79.7. The lowest BCUT2D eigenvalue weighted by atomic mass is 9.97. The molecule has 1 aliphatic rings. The molecule has 0 spiro atoms. The van der Waals surface area contributed by atoms with Gasteiger partial charge in [-0.1, -0.05) is 28.6 Å². The molecule has 0 bridgehead atoms. The van der Waals surface area contributed by atoms with Crippen molar-refractivity contribution < 1.29 is 41.6 Å². The zero-order chi connectivity index (χ0) is 27.1. The minimum atomic E-state index is -4.61. The highest BCUT2D eigenvalue weighted by Crippen LogP contribution is 2.40. The molecule has 3 aromatic rings. The molecule has 37 heavy (non-hydrogen) atoms. The zero-order valence-electron chi connectivity index (χ0n) is 19.2. The molecule has 8 nitrogen and oxygen atoms in total. The maximum Gasteiger partial charge on any atom is 0.433 e. The summed E-state index contributed by atoms with van der Waals surface area (Å²) in [6.07, 6.45) is -5.65. The Morgan fingerprint density at radius 2 is 1.89 bits per heavy atom. The largest absolute Gasteiger partial charge is 0.433 e. The van der Waals surface area contributed by atoms with Crippen LogP contribution in [0.5, 0.6) is 0 Å². The number of rotatable bonds is 6. The first-order chi connectivity index (χ1) is 17.4. The minimum absolute atomic E-state index is 0.0390. The fraction of sp³-hybridized carbons (Fsp3) is 0.409. The summed E-state index contributed by atoms with van der Waals surface area (Å²) in [5.41, 5.74) is -1.93. The van der Waals surface area contributed by atoms with Crippen LogP contribution in [0.3, 0.4) is 0 Å². The van der Waals surface area contributed by atoms with Gasteiger partial charge < -0.3 is 19.7 Å². The summed E-state index contributed by atoms with van der Waals surface area (Å²) in [6, 6.07) is 2.24. The van der Waals surface area contributed by atoms with E-state index >= 15 is 0 Å². The number of hydrogen-bond donors (Lipinski definition) is 2. The number of thioether (sulfide) groups is 1. The molecule has 15 heteroatoms. The Labute approximate surface area is 216 Å². The Kier molecular flexibility index (Phi) is 8.07. The molecule has 3 heterocycles. The molecule has 5 atom stereocenters. The Balaban J connectivity index is 1.65. The Hall–Kier alpha value is -2.36. The van der Waals surface area contributed by atoms with Gasteiger partial charge in [0.25, 0.3) is 0 Å². The van der Waals surface area contributed by atoms with Crippen LogP contribution in [-0.2, 0) is 15.7 Å². The summed E-state index contributed by atoms with van der Waals surface area (Å²) in [6.45, 7) is 0.683. The molecule has 2 aromatic heterocycles.